The molecule has 1 heterocycles. The predicted octanol–water partition coefficient (Wildman–Crippen LogP) is 1.29. The molecule has 0 radical (unpaired) electrons. The molecule has 0 aliphatic carbocycles. The maximum atomic E-state index is 11.4. The number of primary amides is 1. The minimum absolute atomic E-state index is 0.308. The van der Waals surface area contributed by atoms with Crippen LogP contribution in [0.4, 0.5) is 0 Å². The summed E-state index contributed by atoms with van der Waals surface area (Å²) in [5, 5.41) is 3.99. The summed E-state index contributed by atoms with van der Waals surface area (Å²) >= 11 is 2.03. The van der Waals surface area contributed by atoms with Gasteiger partial charge in [0.1, 0.15) is 0 Å². The Hall–Kier alpha value is -0.910. The summed E-state index contributed by atoms with van der Waals surface area (Å²) in [7, 11) is 0. The van der Waals surface area contributed by atoms with Crippen LogP contribution in [-0.2, 0) is 4.79 Å². The number of carbonyl (C=O) groups excluding carboxylic acids is 1. The van der Waals surface area contributed by atoms with E-state index >= 15 is 0 Å². The van der Waals surface area contributed by atoms with E-state index < -0.39 is 5.41 Å². The summed E-state index contributed by atoms with van der Waals surface area (Å²) in [6, 6.07) is 0. The predicted molar refractivity (Wildman–Crippen MR) is 87.1 cm³/mol. The zero-order valence-electron chi connectivity index (χ0n) is 13.1. The van der Waals surface area contributed by atoms with Gasteiger partial charge in [0.25, 0.3) is 0 Å². The highest BCUT2D eigenvalue weighted by molar-refractivity contribution is 8.00. The van der Waals surface area contributed by atoms with E-state index in [4.69, 9.17) is 5.73 Å². The van der Waals surface area contributed by atoms with E-state index in [9.17, 15) is 4.79 Å². The van der Waals surface area contributed by atoms with Gasteiger partial charge in [0.05, 0.1) is 12.0 Å². The molecule has 1 fully saturated rings. The van der Waals surface area contributed by atoms with Crippen molar-refractivity contribution >= 4 is 23.6 Å². The summed E-state index contributed by atoms with van der Waals surface area (Å²) in [4.78, 5) is 18.3. The lowest BCUT2D eigenvalue weighted by Gasteiger charge is -2.34. The van der Waals surface area contributed by atoms with Crippen LogP contribution in [0.2, 0.25) is 0 Å². The molecule has 0 aromatic rings. The van der Waals surface area contributed by atoms with E-state index in [0.717, 1.165) is 31.3 Å². The molecule has 1 rings (SSSR count). The molecular weight excluding hydrogens is 272 g/mol. The van der Waals surface area contributed by atoms with Gasteiger partial charge in [0.15, 0.2) is 5.96 Å². The van der Waals surface area contributed by atoms with Crippen molar-refractivity contribution in [2.75, 3.05) is 31.9 Å². The van der Waals surface area contributed by atoms with E-state index in [2.05, 4.69) is 29.1 Å². The molecule has 1 unspecified atom stereocenters. The first-order chi connectivity index (χ1) is 9.40. The van der Waals surface area contributed by atoms with Crippen LogP contribution >= 0.6 is 11.8 Å². The molecule has 0 saturated carbocycles. The average molecular weight is 300 g/mol. The third kappa shape index (κ3) is 4.89. The number of hydrogen-bond donors (Lipinski definition) is 2. The SMILES string of the molecule is CCNC(=NCC(C)(C)C(N)=O)N1CCSC(CC)C1. The highest BCUT2D eigenvalue weighted by atomic mass is 32.2. The van der Waals surface area contributed by atoms with E-state index in [1.54, 1.807) is 0 Å². The molecular formula is C14H28N4OS. The van der Waals surface area contributed by atoms with Crippen LogP contribution < -0.4 is 11.1 Å². The Morgan fingerprint density at radius 1 is 1.50 bits per heavy atom. The zero-order chi connectivity index (χ0) is 15.2. The Balaban J connectivity index is 2.74. The fourth-order valence-electron chi connectivity index (χ4n) is 1.93. The highest BCUT2D eigenvalue weighted by Crippen LogP contribution is 2.21. The van der Waals surface area contributed by atoms with E-state index in [1.165, 1.54) is 6.42 Å². The Kier molecular flexibility index (Phi) is 6.65. The molecule has 0 spiro atoms. The molecule has 3 N–H and O–H groups in total. The fraction of sp³-hybridized carbons (Fsp3) is 0.857. The van der Waals surface area contributed by atoms with Crippen molar-refractivity contribution in [1.29, 1.82) is 0 Å². The Labute approximate surface area is 126 Å². The van der Waals surface area contributed by atoms with E-state index in [-0.39, 0.29) is 5.91 Å². The van der Waals surface area contributed by atoms with Gasteiger partial charge in [-0.3, -0.25) is 9.79 Å². The van der Waals surface area contributed by atoms with Gasteiger partial charge in [-0.2, -0.15) is 11.8 Å². The Bertz CT molecular complexity index is 357. The van der Waals surface area contributed by atoms with Gasteiger partial charge in [0, 0.05) is 30.6 Å². The number of thioether (sulfide) groups is 1. The van der Waals surface area contributed by atoms with Gasteiger partial charge in [-0.15, -0.1) is 0 Å². The molecule has 1 amide bonds. The number of hydrogen-bond acceptors (Lipinski definition) is 3. The number of guanidine groups is 1. The van der Waals surface area contributed by atoms with Crippen molar-refractivity contribution in [3.8, 4) is 0 Å². The van der Waals surface area contributed by atoms with Crippen LogP contribution in [0.25, 0.3) is 0 Å². The van der Waals surface area contributed by atoms with Gasteiger partial charge in [-0.1, -0.05) is 6.92 Å². The van der Waals surface area contributed by atoms with Crippen LogP contribution in [0.3, 0.4) is 0 Å². The van der Waals surface area contributed by atoms with Gasteiger partial charge in [-0.05, 0) is 27.2 Å². The lowest BCUT2D eigenvalue weighted by Crippen LogP contribution is -2.48. The first-order valence-corrected chi connectivity index (χ1v) is 8.40. The highest BCUT2D eigenvalue weighted by Gasteiger charge is 2.26. The summed E-state index contributed by atoms with van der Waals surface area (Å²) in [6.07, 6.45) is 1.17. The quantitative estimate of drug-likeness (QED) is 0.593. The second kappa shape index (κ2) is 7.76. The Morgan fingerprint density at radius 2 is 2.20 bits per heavy atom. The van der Waals surface area contributed by atoms with Crippen molar-refractivity contribution < 1.29 is 4.79 Å². The Morgan fingerprint density at radius 3 is 2.75 bits per heavy atom. The number of nitrogens with zero attached hydrogens (tertiary/aromatic N) is 2. The largest absolute Gasteiger partial charge is 0.369 e. The standard InChI is InChI=1S/C14H28N4OS/c1-5-11-9-18(7-8-20-11)13(16-6-2)17-10-14(3,4)12(15)19/h11H,5-10H2,1-4H3,(H2,15,19)(H,16,17). The first-order valence-electron chi connectivity index (χ1n) is 7.35. The lowest BCUT2D eigenvalue weighted by molar-refractivity contribution is -0.125. The van der Waals surface area contributed by atoms with Crippen LogP contribution in [-0.4, -0.2) is 53.9 Å². The first kappa shape index (κ1) is 17.1. The van der Waals surface area contributed by atoms with Gasteiger partial charge in [0.2, 0.25) is 5.91 Å². The number of nitrogens with two attached hydrogens (primary N) is 1. The van der Waals surface area contributed by atoms with Crippen LogP contribution in [0, 0.1) is 5.41 Å². The minimum atomic E-state index is -0.602. The molecule has 5 nitrogen and oxygen atoms in total. The number of carbonyl (C=O) groups is 1. The maximum absolute atomic E-state index is 11.4. The number of nitrogens with one attached hydrogen (secondary N) is 1. The molecule has 6 heteroatoms. The molecule has 0 aromatic carbocycles. The third-order valence-electron chi connectivity index (χ3n) is 3.52. The van der Waals surface area contributed by atoms with Crippen LogP contribution in [0.15, 0.2) is 4.99 Å². The number of rotatable bonds is 5. The normalized spacial score (nSPS) is 20.9. The van der Waals surface area contributed by atoms with Gasteiger partial charge in [-0.25, -0.2) is 0 Å². The van der Waals surface area contributed by atoms with Crippen molar-refractivity contribution in [2.45, 2.75) is 39.4 Å². The molecule has 1 saturated heterocycles. The minimum Gasteiger partial charge on any atom is -0.369 e. The smallest absolute Gasteiger partial charge is 0.224 e. The average Bonchev–Trinajstić information content (AvgIpc) is 2.43. The monoisotopic (exact) mass is 300 g/mol. The molecule has 0 bridgehead atoms. The van der Waals surface area contributed by atoms with Crippen molar-refractivity contribution in [1.82, 2.24) is 10.2 Å². The fourth-order valence-corrected chi connectivity index (χ4v) is 3.12. The summed E-state index contributed by atoms with van der Waals surface area (Å²) in [5.41, 5.74) is 4.81. The van der Waals surface area contributed by atoms with Gasteiger partial charge >= 0.3 is 0 Å². The summed E-state index contributed by atoms with van der Waals surface area (Å²) < 4.78 is 0. The summed E-state index contributed by atoms with van der Waals surface area (Å²) in [6.45, 7) is 11.2. The second-order valence-electron chi connectivity index (χ2n) is 5.77. The van der Waals surface area contributed by atoms with E-state index in [0.29, 0.717) is 11.8 Å². The molecule has 1 aliphatic rings. The molecule has 20 heavy (non-hydrogen) atoms. The molecule has 0 aromatic heterocycles. The maximum Gasteiger partial charge on any atom is 0.224 e. The van der Waals surface area contributed by atoms with Crippen molar-refractivity contribution in [3.05, 3.63) is 0 Å². The molecule has 1 aliphatic heterocycles. The third-order valence-corrected chi connectivity index (χ3v) is 4.89. The van der Waals surface area contributed by atoms with Gasteiger partial charge < -0.3 is 16.0 Å². The lowest BCUT2D eigenvalue weighted by atomic mass is 9.93. The molecule has 1 atom stereocenters. The second-order valence-corrected chi connectivity index (χ2v) is 7.17. The number of amides is 1. The van der Waals surface area contributed by atoms with Crippen molar-refractivity contribution in [3.63, 3.8) is 0 Å². The van der Waals surface area contributed by atoms with Crippen LogP contribution in [0.1, 0.15) is 34.1 Å². The topological polar surface area (TPSA) is 70.7 Å². The molecule has 116 valence electrons. The van der Waals surface area contributed by atoms with E-state index in [1.807, 2.05) is 25.6 Å². The zero-order valence-corrected chi connectivity index (χ0v) is 13.9. The summed E-state index contributed by atoms with van der Waals surface area (Å²) in [5.74, 6) is 1.72. The number of aliphatic imine (C=N–C) groups is 1. The van der Waals surface area contributed by atoms with Crippen LogP contribution in [0.5, 0.6) is 0 Å². The van der Waals surface area contributed by atoms with Crippen molar-refractivity contribution in [2.24, 2.45) is 16.1 Å².